The zero-order valence-electron chi connectivity index (χ0n) is 23.1. The number of amides is 1. The summed E-state index contributed by atoms with van der Waals surface area (Å²) in [5, 5.41) is 19.7. The monoisotopic (exact) mass is 550 g/mol. The Labute approximate surface area is 234 Å². The van der Waals surface area contributed by atoms with Gasteiger partial charge in [-0.05, 0) is 62.5 Å². The molecule has 3 N–H and O–H groups in total. The van der Waals surface area contributed by atoms with Crippen LogP contribution in [0.5, 0.6) is 5.75 Å². The lowest BCUT2D eigenvalue weighted by Gasteiger charge is -2.26. The van der Waals surface area contributed by atoms with Crippen LogP contribution in [-0.4, -0.2) is 63.1 Å². The largest absolute Gasteiger partial charge is 0.494 e. The Bertz CT molecular complexity index is 1260. The molecular weight excluding hydrogens is 512 g/mol. The van der Waals surface area contributed by atoms with E-state index < -0.39 is 17.6 Å². The van der Waals surface area contributed by atoms with Gasteiger partial charge in [0.2, 0.25) is 5.95 Å². The van der Waals surface area contributed by atoms with Crippen molar-refractivity contribution in [1.29, 1.82) is 0 Å². The normalized spacial score (nSPS) is 15.2. The number of ether oxygens (including phenoxy) is 2. The molecule has 4 rings (SSSR count). The minimum atomic E-state index is -1.88. The van der Waals surface area contributed by atoms with Crippen molar-refractivity contribution in [1.82, 2.24) is 25.0 Å². The first-order chi connectivity index (χ1) is 19.3. The fourth-order valence-corrected chi connectivity index (χ4v) is 4.49. The van der Waals surface area contributed by atoms with Crippen molar-refractivity contribution >= 4 is 18.0 Å². The number of carbonyl (C=O) groups is 2. The number of anilines is 1. The van der Waals surface area contributed by atoms with E-state index in [4.69, 9.17) is 9.47 Å². The van der Waals surface area contributed by atoms with Crippen LogP contribution in [0, 0.1) is 0 Å². The van der Waals surface area contributed by atoms with Gasteiger partial charge in [0.1, 0.15) is 12.4 Å². The van der Waals surface area contributed by atoms with Crippen molar-refractivity contribution in [3.63, 3.8) is 0 Å². The summed E-state index contributed by atoms with van der Waals surface area (Å²) < 4.78 is 12.6. The minimum absolute atomic E-state index is 0.00956. The minimum Gasteiger partial charge on any atom is -0.494 e. The SMILES string of the molecule is Cn1nc(C(C)(NC(=O)OCc2ccccc2)C(=O)O)nc1NCCCOc1cccc(CN2CCCCC2)c1. The van der Waals surface area contributed by atoms with Gasteiger partial charge in [0.05, 0.1) is 6.61 Å². The second-order valence-corrected chi connectivity index (χ2v) is 10.1. The lowest BCUT2D eigenvalue weighted by Crippen LogP contribution is -2.50. The Kier molecular flexibility index (Phi) is 9.96. The Morgan fingerprint density at radius 2 is 1.80 bits per heavy atom. The van der Waals surface area contributed by atoms with Crippen molar-refractivity contribution < 1.29 is 24.2 Å². The summed E-state index contributed by atoms with van der Waals surface area (Å²) in [5.41, 5.74) is 0.155. The molecule has 2 heterocycles. The van der Waals surface area contributed by atoms with E-state index in [1.807, 2.05) is 30.3 Å². The summed E-state index contributed by atoms with van der Waals surface area (Å²) in [6.45, 7) is 5.63. The molecule has 1 aliphatic rings. The standard InChI is InChI=1S/C29H38N6O5/c1-29(26(36)37,32-28(38)40-21-22-11-5-3-6-12-22)25-31-27(34(2)33-25)30-15-10-18-39-24-14-9-13-23(19-24)20-35-16-7-4-8-17-35/h3,5-6,9,11-14,19H,4,7-8,10,15-18,20-21H2,1-2H3,(H,32,38)(H,36,37)(H,30,31,33). The molecule has 0 spiro atoms. The van der Waals surface area contributed by atoms with E-state index in [-0.39, 0.29) is 12.4 Å². The number of aromatic nitrogens is 3. The first-order valence-corrected chi connectivity index (χ1v) is 13.7. The predicted octanol–water partition coefficient (Wildman–Crippen LogP) is 3.91. The number of carboxylic acid groups (broad SMARTS) is 1. The number of likely N-dealkylation sites (tertiary alicyclic amines) is 1. The highest BCUT2D eigenvalue weighted by atomic mass is 16.5. The van der Waals surface area contributed by atoms with Crippen molar-refractivity contribution in [2.45, 2.75) is 51.3 Å². The third kappa shape index (κ3) is 7.95. The number of piperidine rings is 1. The number of rotatable bonds is 13. The highest BCUT2D eigenvalue weighted by Gasteiger charge is 2.42. The van der Waals surface area contributed by atoms with Crippen LogP contribution in [0.1, 0.15) is 49.6 Å². The van der Waals surface area contributed by atoms with Crippen molar-refractivity contribution in [3.8, 4) is 5.75 Å². The Morgan fingerprint density at radius 3 is 2.55 bits per heavy atom. The van der Waals surface area contributed by atoms with Gasteiger partial charge < -0.3 is 19.9 Å². The van der Waals surface area contributed by atoms with Gasteiger partial charge in [0.25, 0.3) is 0 Å². The number of nitrogens with zero attached hydrogens (tertiary/aromatic N) is 4. The Balaban J connectivity index is 1.25. The number of benzene rings is 2. The zero-order valence-corrected chi connectivity index (χ0v) is 23.1. The molecule has 3 aromatic rings. The maximum absolute atomic E-state index is 12.4. The summed E-state index contributed by atoms with van der Waals surface area (Å²) in [6, 6.07) is 17.3. The summed E-state index contributed by atoms with van der Waals surface area (Å²) in [6.07, 6.45) is 3.67. The van der Waals surface area contributed by atoms with Gasteiger partial charge in [-0.25, -0.2) is 14.3 Å². The van der Waals surface area contributed by atoms with E-state index >= 15 is 0 Å². The molecule has 0 bridgehead atoms. The number of carbonyl (C=O) groups excluding carboxylic acids is 1. The van der Waals surface area contributed by atoms with E-state index in [9.17, 15) is 14.7 Å². The number of hydrogen-bond acceptors (Lipinski definition) is 8. The molecule has 1 aromatic heterocycles. The fraction of sp³-hybridized carbons (Fsp3) is 0.448. The smallest absolute Gasteiger partial charge is 0.408 e. The number of nitrogens with one attached hydrogen (secondary N) is 2. The Hall–Kier alpha value is -4.12. The van der Waals surface area contributed by atoms with E-state index in [1.54, 1.807) is 19.2 Å². The van der Waals surface area contributed by atoms with Crippen LogP contribution in [0.15, 0.2) is 54.6 Å². The molecule has 11 heteroatoms. The highest BCUT2D eigenvalue weighted by molar-refractivity contribution is 5.84. The molecule has 0 aliphatic carbocycles. The van der Waals surface area contributed by atoms with E-state index in [1.165, 1.54) is 36.4 Å². The first kappa shape index (κ1) is 28.9. The van der Waals surface area contributed by atoms with Gasteiger partial charge in [-0.1, -0.05) is 48.9 Å². The average Bonchev–Trinajstić information content (AvgIpc) is 3.33. The number of alkyl carbamates (subject to hydrolysis) is 1. The summed E-state index contributed by atoms with van der Waals surface area (Å²) >= 11 is 0. The molecule has 1 unspecified atom stereocenters. The summed E-state index contributed by atoms with van der Waals surface area (Å²) in [5.74, 6) is -0.149. The van der Waals surface area contributed by atoms with Crippen LogP contribution in [0.3, 0.4) is 0 Å². The molecule has 0 saturated carbocycles. The van der Waals surface area contributed by atoms with Gasteiger partial charge in [-0.3, -0.25) is 10.2 Å². The zero-order chi connectivity index (χ0) is 28.4. The highest BCUT2D eigenvalue weighted by Crippen LogP contribution is 2.21. The molecule has 11 nitrogen and oxygen atoms in total. The van der Waals surface area contributed by atoms with Crippen LogP contribution in [-0.2, 0) is 35.3 Å². The number of carboxylic acids is 1. The van der Waals surface area contributed by atoms with Crippen molar-refractivity contribution in [3.05, 3.63) is 71.5 Å². The first-order valence-electron chi connectivity index (χ1n) is 13.7. The lowest BCUT2D eigenvalue weighted by atomic mass is 10.0. The topological polar surface area (TPSA) is 131 Å². The molecule has 1 atom stereocenters. The van der Waals surface area contributed by atoms with Gasteiger partial charge in [0.15, 0.2) is 11.4 Å². The number of aliphatic carboxylic acids is 1. The number of hydrogen-bond donors (Lipinski definition) is 3. The third-order valence-electron chi connectivity index (χ3n) is 6.83. The van der Waals surface area contributed by atoms with Gasteiger partial charge in [-0.2, -0.15) is 10.1 Å². The van der Waals surface area contributed by atoms with Crippen LogP contribution in [0.2, 0.25) is 0 Å². The lowest BCUT2D eigenvalue weighted by molar-refractivity contribution is -0.144. The second kappa shape index (κ2) is 13.8. The van der Waals surface area contributed by atoms with Crippen molar-refractivity contribution in [2.75, 3.05) is 31.6 Å². The third-order valence-corrected chi connectivity index (χ3v) is 6.83. The molecule has 2 aromatic carbocycles. The van der Waals surface area contributed by atoms with Crippen molar-refractivity contribution in [2.24, 2.45) is 7.05 Å². The van der Waals surface area contributed by atoms with E-state index in [0.717, 1.165) is 30.9 Å². The molecule has 0 radical (unpaired) electrons. The van der Waals surface area contributed by atoms with Gasteiger partial charge >= 0.3 is 12.1 Å². The fourth-order valence-electron chi connectivity index (χ4n) is 4.49. The summed E-state index contributed by atoms with van der Waals surface area (Å²) in [4.78, 5) is 31.3. The Morgan fingerprint density at radius 1 is 1.05 bits per heavy atom. The maximum atomic E-state index is 12.4. The van der Waals surface area contributed by atoms with Crippen LogP contribution >= 0.6 is 0 Å². The van der Waals surface area contributed by atoms with Crippen LogP contribution in [0.4, 0.5) is 10.7 Å². The van der Waals surface area contributed by atoms with E-state index in [2.05, 4.69) is 37.7 Å². The van der Waals surface area contributed by atoms with Gasteiger partial charge in [-0.15, -0.1) is 0 Å². The average molecular weight is 551 g/mol. The maximum Gasteiger partial charge on any atom is 0.408 e. The summed E-state index contributed by atoms with van der Waals surface area (Å²) in [7, 11) is 1.65. The number of aryl methyl sites for hydroxylation is 1. The van der Waals surface area contributed by atoms with E-state index in [0.29, 0.717) is 25.5 Å². The second-order valence-electron chi connectivity index (χ2n) is 10.1. The molecular formula is C29H38N6O5. The quantitative estimate of drug-likeness (QED) is 0.271. The molecule has 214 valence electrons. The molecule has 40 heavy (non-hydrogen) atoms. The molecule has 1 aliphatic heterocycles. The predicted molar refractivity (Wildman–Crippen MR) is 150 cm³/mol. The molecule has 1 fully saturated rings. The molecule has 1 amide bonds. The van der Waals surface area contributed by atoms with Crippen LogP contribution in [0.25, 0.3) is 0 Å². The van der Waals surface area contributed by atoms with Gasteiger partial charge in [0, 0.05) is 20.1 Å². The van der Waals surface area contributed by atoms with Crippen LogP contribution < -0.4 is 15.4 Å². The molecule has 1 saturated heterocycles.